The number of amides is 3. The van der Waals surface area contributed by atoms with Crippen molar-refractivity contribution in [1.29, 1.82) is 0 Å². The summed E-state index contributed by atoms with van der Waals surface area (Å²) in [7, 11) is 0. The maximum atomic E-state index is 13.7. The van der Waals surface area contributed by atoms with E-state index in [1.54, 1.807) is 32.9 Å². The minimum absolute atomic E-state index is 0.0332. The zero-order valence-electron chi connectivity index (χ0n) is 21.3. The molecule has 3 amide bonds. The number of unbranched alkanes of at least 4 members (excludes halogenated alkanes) is 2. The van der Waals surface area contributed by atoms with Gasteiger partial charge in [0.25, 0.3) is 0 Å². The van der Waals surface area contributed by atoms with Crippen LogP contribution >= 0.6 is 12.6 Å². The smallest absolute Gasteiger partial charge is 0.408 e. The molecule has 0 saturated heterocycles. The molecule has 1 rings (SSSR count). The SMILES string of the molecule is CCCCCNC(=O)C(c1ccc(O)cc1)N(C(=O)C(CS)NC(=O)OC(C)(C)C)C(C)CC. The van der Waals surface area contributed by atoms with Gasteiger partial charge in [0, 0.05) is 18.3 Å². The van der Waals surface area contributed by atoms with Gasteiger partial charge in [-0.1, -0.05) is 38.8 Å². The molecule has 8 nitrogen and oxygen atoms in total. The van der Waals surface area contributed by atoms with E-state index in [9.17, 15) is 19.5 Å². The second kappa shape index (κ2) is 14.1. The zero-order valence-corrected chi connectivity index (χ0v) is 22.2. The number of carbonyl (C=O) groups is 3. The lowest BCUT2D eigenvalue weighted by atomic mass is 10.00. The maximum Gasteiger partial charge on any atom is 0.408 e. The monoisotopic (exact) mass is 495 g/mol. The van der Waals surface area contributed by atoms with E-state index in [2.05, 4.69) is 30.2 Å². The van der Waals surface area contributed by atoms with E-state index in [0.717, 1.165) is 19.3 Å². The lowest BCUT2D eigenvalue weighted by molar-refractivity contribution is -0.144. The van der Waals surface area contributed by atoms with Crippen LogP contribution < -0.4 is 10.6 Å². The molecule has 0 saturated carbocycles. The number of alkyl carbamates (subject to hydrolysis) is 1. The minimum Gasteiger partial charge on any atom is -0.508 e. The molecule has 0 aliphatic rings. The Bertz CT molecular complexity index is 795. The number of thiol groups is 1. The fraction of sp³-hybridized carbons (Fsp3) is 0.640. The summed E-state index contributed by atoms with van der Waals surface area (Å²) in [6, 6.07) is 4.00. The lowest BCUT2D eigenvalue weighted by Gasteiger charge is -2.38. The fourth-order valence-corrected chi connectivity index (χ4v) is 3.64. The number of phenols is 1. The predicted molar refractivity (Wildman–Crippen MR) is 137 cm³/mol. The van der Waals surface area contributed by atoms with E-state index in [4.69, 9.17) is 4.74 Å². The van der Waals surface area contributed by atoms with Crippen molar-refractivity contribution >= 4 is 30.5 Å². The van der Waals surface area contributed by atoms with Crippen molar-refractivity contribution in [1.82, 2.24) is 15.5 Å². The summed E-state index contributed by atoms with van der Waals surface area (Å²) in [6.45, 7) is 11.6. The summed E-state index contributed by atoms with van der Waals surface area (Å²) < 4.78 is 5.31. The molecule has 9 heteroatoms. The molecule has 0 radical (unpaired) electrons. The third kappa shape index (κ3) is 9.44. The van der Waals surface area contributed by atoms with Crippen LogP contribution in [-0.4, -0.2) is 57.9 Å². The topological polar surface area (TPSA) is 108 Å². The van der Waals surface area contributed by atoms with Crippen LogP contribution in [0.1, 0.15) is 78.8 Å². The highest BCUT2D eigenvalue weighted by molar-refractivity contribution is 7.80. The Morgan fingerprint density at radius 2 is 1.74 bits per heavy atom. The van der Waals surface area contributed by atoms with Gasteiger partial charge in [0.2, 0.25) is 11.8 Å². The predicted octanol–water partition coefficient (Wildman–Crippen LogP) is 4.19. The van der Waals surface area contributed by atoms with E-state index in [1.807, 2.05) is 13.8 Å². The largest absolute Gasteiger partial charge is 0.508 e. The van der Waals surface area contributed by atoms with Crippen molar-refractivity contribution in [2.75, 3.05) is 12.3 Å². The summed E-state index contributed by atoms with van der Waals surface area (Å²) in [5.74, 6) is -0.652. The Balaban J connectivity index is 3.32. The Morgan fingerprint density at radius 1 is 1.12 bits per heavy atom. The Kier molecular flexibility index (Phi) is 12.3. The molecule has 0 aliphatic heterocycles. The van der Waals surface area contributed by atoms with Crippen LogP contribution in [0.5, 0.6) is 5.75 Å². The number of aromatic hydroxyl groups is 1. The molecule has 3 N–H and O–H groups in total. The maximum absolute atomic E-state index is 13.7. The fourth-order valence-electron chi connectivity index (χ4n) is 3.39. The molecule has 3 atom stereocenters. The molecule has 0 bridgehead atoms. The number of benzene rings is 1. The van der Waals surface area contributed by atoms with Gasteiger partial charge in [-0.3, -0.25) is 9.59 Å². The third-order valence-electron chi connectivity index (χ3n) is 5.31. The number of hydrogen-bond acceptors (Lipinski definition) is 6. The summed E-state index contributed by atoms with van der Waals surface area (Å²) in [5, 5.41) is 15.3. The van der Waals surface area contributed by atoms with Crippen LogP contribution in [-0.2, 0) is 14.3 Å². The molecule has 0 aromatic heterocycles. The number of nitrogens with one attached hydrogen (secondary N) is 2. The lowest BCUT2D eigenvalue weighted by Crippen LogP contribution is -2.56. The third-order valence-corrected chi connectivity index (χ3v) is 5.67. The van der Waals surface area contributed by atoms with Gasteiger partial charge in [0.1, 0.15) is 23.4 Å². The van der Waals surface area contributed by atoms with Gasteiger partial charge < -0.3 is 25.4 Å². The van der Waals surface area contributed by atoms with Crippen molar-refractivity contribution in [3.8, 4) is 5.75 Å². The second-order valence-electron chi connectivity index (χ2n) is 9.38. The van der Waals surface area contributed by atoms with Crippen LogP contribution in [0.15, 0.2) is 24.3 Å². The molecular weight excluding hydrogens is 454 g/mol. The molecule has 0 fully saturated rings. The van der Waals surface area contributed by atoms with Crippen molar-refractivity contribution in [3.63, 3.8) is 0 Å². The van der Waals surface area contributed by atoms with Crippen LogP contribution in [0.4, 0.5) is 4.79 Å². The van der Waals surface area contributed by atoms with E-state index in [0.29, 0.717) is 18.5 Å². The molecular formula is C25H41N3O5S. The van der Waals surface area contributed by atoms with E-state index in [1.165, 1.54) is 17.0 Å². The first-order chi connectivity index (χ1) is 15.9. The molecule has 1 aromatic rings. The molecule has 192 valence electrons. The van der Waals surface area contributed by atoms with Gasteiger partial charge in [0.05, 0.1) is 0 Å². The van der Waals surface area contributed by atoms with Gasteiger partial charge in [-0.05, 0) is 58.2 Å². The van der Waals surface area contributed by atoms with Gasteiger partial charge in [-0.2, -0.15) is 12.6 Å². The second-order valence-corrected chi connectivity index (χ2v) is 9.74. The molecule has 0 heterocycles. The van der Waals surface area contributed by atoms with Crippen LogP contribution in [0.25, 0.3) is 0 Å². The quantitative estimate of drug-likeness (QED) is 0.257. The normalized spacial score (nSPS) is 14.0. The van der Waals surface area contributed by atoms with Crippen molar-refractivity contribution < 1.29 is 24.2 Å². The van der Waals surface area contributed by atoms with E-state index < -0.39 is 29.7 Å². The van der Waals surface area contributed by atoms with Crippen LogP contribution in [0, 0.1) is 0 Å². The average Bonchev–Trinajstić information content (AvgIpc) is 2.77. The van der Waals surface area contributed by atoms with E-state index in [-0.39, 0.29) is 23.5 Å². The first-order valence-corrected chi connectivity index (χ1v) is 12.6. The van der Waals surface area contributed by atoms with E-state index >= 15 is 0 Å². The van der Waals surface area contributed by atoms with Crippen LogP contribution in [0.3, 0.4) is 0 Å². The number of nitrogens with zero attached hydrogens (tertiary/aromatic N) is 1. The highest BCUT2D eigenvalue weighted by Gasteiger charge is 2.38. The Hall–Kier alpha value is -2.42. The van der Waals surface area contributed by atoms with Gasteiger partial charge >= 0.3 is 6.09 Å². The van der Waals surface area contributed by atoms with Crippen LogP contribution in [0.2, 0.25) is 0 Å². The van der Waals surface area contributed by atoms with Gasteiger partial charge in [-0.15, -0.1) is 0 Å². The Morgan fingerprint density at radius 3 is 2.24 bits per heavy atom. The molecule has 34 heavy (non-hydrogen) atoms. The number of carbonyl (C=O) groups excluding carboxylic acids is 3. The van der Waals surface area contributed by atoms with Crippen molar-refractivity contribution in [2.45, 2.75) is 91.0 Å². The van der Waals surface area contributed by atoms with Gasteiger partial charge in [-0.25, -0.2) is 4.79 Å². The minimum atomic E-state index is -0.986. The summed E-state index contributed by atoms with van der Waals surface area (Å²) >= 11 is 4.28. The highest BCUT2D eigenvalue weighted by Crippen LogP contribution is 2.27. The molecule has 1 aromatic carbocycles. The molecule has 3 unspecified atom stereocenters. The molecule has 0 spiro atoms. The summed E-state index contributed by atoms with van der Waals surface area (Å²) in [5.41, 5.74) is -0.160. The number of ether oxygens (including phenoxy) is 1. The number of rotatable bonds is 12. The zero-order chi connectivity index (χ0) is 25.9. The highest BCUT2D eigenvalue weighted by atomic mass is 32.1. The summed E-state index contributed by atoms with van der Waals surface area (Å²) in [6.07, 6.45) is 2.71. The average molecular weight is 496 g/mol. The first kappa shape index (κ1) is 29.6. The number of phenolic OH excluding ortho intramolecular Hbond substituents is 1. The van der Waals surface area contributed by atoms with Gasteiger partial charge in [0.15, 0.2) is 0 Å². The number of hydrogen-bond donors (Lipinski definition) is 4. The molecule has 0 aliphatic carbocycles. The first-order valence-electron chi connectivity index (χ1n) is 11.9. The van der Waals surface area contributed by atoms with Crippen molar-refractivity contribution in [3.05, 3.63) is 29.8 Å². The summed E-state index contributed by atoms with van der Waals surface area (Å²) in [4.78, 5) is 41.0. The van der Waals surface area contributed by atoms with Crippen molar-refractivity contribution in [2.24, 2.45) is 0 Å². The standard InChI is InChI=1S/C25H41N3O5S/c1-7-9-10-15-26-22(30)21(18-11-13-19(29)14-12-18)28(17(3)8-2)23(31)20(16-34)27-24(32)33-25(4,5)6/h11-14,17,20-21,29,34H,7-10,15-16H2,1-6H3,(H,26,30)(H,27,32). The Labute approximate surface area is 209 Å².